The Labute approximate surface area is 198 Å². The number of nitrogens with zero attached hydrogens (tertiary/aromatic N) is 4. The van der Waals surface area contributed by atoms with Gasteiger partial charge in [-0.2, -0.15) is 10.4 Å². The summed E-state index contributed by atoms with van der Waals surface area (Å²) in [7, 11) is -1.58. The van der Waals surface area contributed by atoms with Crippen LogP contribution in [0.4, 0.5) is 0 Å². The van der Waals surface area contributed by atoms with Gasteiger partial charge in [-0.25, -0.2) is 8.42 Å². The number of sulfone groups is 1. The number of aromatic nitrogens is 2. The average Bonchev–Trinajstić information content (AvgIpc) is 3.74. The molecule has 10 heteroatoms. The molecule has 0 bridgehead atoms. The summed E-state index contributed by atoms with van der Waals surface area (Å²) in [6, 6.07) is 8.74. The van der Waals surface area contributed by atoms with Gasteiger partial charge in [-0.1, -0.05) is 12.1 Å². The molecule has 2 aliphatic carbocycles. The van der Waals surface area contributed by atoms with Gasteiger partial charge in [-0.15, -0.1) is 0 Å². The SMILES string of the molecule is CC(NC(=O)c1nn(C)c2c1CCN(CC1(S(=O)(=O)C3CC3)CC1)C2=O)c1ccc(C#N)cc1. The number of nitriles is 1. The third-order valence-electron chi connectivity index (χ3n) is 7.22. The molecular weight excluding hydrogens is 454 g/mol. The summed E-state index contributed by atoms with van der Waals surface area (Å²) in [6.45, 7) is 2.43. The number of benzene rings is 1. The van der Waals surface area contributed by atoms with Gasteiger partial charge in [0.05, 0.1) is 27.7 Å². The largest absolute Gasteiger partial charge is 0.344 e. The van der Waals surface area contributed by atoms with Crippen molar-refractivity contribution in [1.29, 1.82) is 5.26 Å². The van der Waals surface area contributed by atoms with E-state index in [1.165, 1.54) is 4.68 Å². The molecule has 1 aliphatic heterocycles. The summed E-state index contributed by atoms with van der Waals surface area (Å²) in [5.74, 6) is -0.641. The molecular formula is C24H27N5O4S. The summed E-state index contributed by atoms with van der Waals surface area (Å²) >= 11 is 0. The van der Waals surface area contributed by atoms with Crippen molar-refractivity contribution in [2.24, 2.45) is 7.05 Å². The highest BCUT2D eigenvalue weighted by Crippen LogP contribution is 2.50. The Morgan fingerprint density at radius 3 is 2.56 bits per heavy atom. The first-order valence-corrected chi connectivity index (χ1v) is 13.1. The van der Waals surface area contributed by atoms with E-state index in [9.17, 15) is 18.0 Å². The van der Waals surface area contributed by atoms with Crippen LogP contribution in [-0.4, -0.2) is 58.0 Å². The first-order valence-electron chi connectivity index (χ1n) is 11.6. The molecule has 0 radical (unpaired) electrons. The van der Waals surface area contributed by atoms with Crippen LogP contribution >= 0.6 is 0 Å². The fourth-order valence-corrected chi connectivity index (χ4v) is 7.32. The monoisotopic (exact) mass is 481 g/mol. The molecule has 2 aromatic rings. The van der Waals surface area contributed by atoms with E-state index in [0.717, 1.165) is 18.4 Å². The zero-order chi connectivity index (χ0) is 24.3. The minimum atomic E-state index is -3.22. The first kappa shape index (κ1) is 22.6. The van der Waals surface area contributed by atoms with E-state index in [0.29, 0.717) is 42.6 Å². The molecule has 9 nitrogen and oxygen atoms in total. The lowest BCUT2D eigenvalue weighted by Gasteiger charge is -2.31. The highest BCUT2D eigenvalue weighted by molar-refractivity contribution is 7.94. The molecule has 1 N–H and O–H groups in total. The van der Waals surface area contributed by atoms with E-state index < -0.39 is 14.6 Å². The van der Waals surface area contributed by atoms with Crippen molar-refractivity contribution >= 4 is 21.7 Å². The predicted octanol–water partition coefficient (Wildman–Crippen LogP) is 1.89. The van der Waals surface area contributed by atoms with Gasteiger partial charge in [0.1, 0.15) is 5.69 Å². The minimum absolute atomic E-state index is 0.215. The quantitative estimate of drug-likeness (QED) is 0.644. The number of aryl methyl sites for hydroxylation is 1. The Balaban J connectivity index is 1.32. The van der Waals surface area contributed by atoms with Gasteiger partial charge in [0.2, 0.25) is 0 Å². The second-order valence-electron chi connectivity index (χ2n) is 9.63. The maximum absolute atomic E-state index is 13.3. The van der Waals surface area contributed by atoms with Crippen LogP contribution in [0.5, 0.6) is 0 Å². The normalized spacial score (nSPS) is 19.8. The van der Waals surface area contributed by atoms with E-state index in [4.69, 9.17) is 5.26 Å². The lowest BCUT2D eigenvalue weighted by molar-refractivity contribution is 0.0724. The van der Waals surface area contributed by atoms with Crippen LogP contribution in [0.3, 0.4) is 0 Å². The molecule has 5 rings (SSSR count). The molecule has 178 valence electrons. The van der Waals surface area contributed by atoms with Crippen LogP contribution in [0, 0.1) is 11.3 Å². The van der Waals surface area contributed by atoms with Crippen LogP contribution in [0.1, 0.15) is 76.3 Å². The second kappa shape index (κ2) is 7.94. The Kier molecular flexibility index (Phi) is 5.28. The first-order chi connectivity index (χ1) is 16.2. The molecule has 34 heavy (non-hydrogen) atoms. The lowest BCUT2D eigenvalue weighted by Crippen LogP contribution is -2.46. The average molecular weight is 482 g/mol. The van der Waals surface area contributed by atoms with Crippen LogP contribution in [0.2, 0.25) is 0 Å². The van der Waals surface area contributed by atoms with Crippen LogP contribution < -0.4 is 5.32 Å². The lowest BCUT2D eigenvalue weighted by atomic mass is 10.0. The predicted molar refractivity (Wildman–Crippen MR) is 124 cm³/mol. The highest BCUT2D eigenvalue weighted by atomic mass is 32.2. The van der Waals surface area contributed by atoms with Crippen molar-refractivity contribution < 1.29 is 18.0 Å². The number of carbonyl (C=O) groups excluding carboxylic acids is 2. The van der Waals surface area contributed by atoms with Gasteiger partial charge in [0, 0.05) is 25.7 Å². The van der Waals surface area contributed by atoms with Crippen molar-refractivity contribution in [3.8, 4) is 6.07 Å². The number of nitrogens with one attached hydrogen (secondary N) is 1. The third kappa shape index (κ3) is 3.68. The summed E-state index contributed by atoms with van der Waals surface area (Å²) in [6.07, 6.45) is 3.11. The van der Waals surface area contributed by atoms with Crippen molar-refractivity contribution in [3.63, 3.8) is 0 Å². The third-order valence-corrected chi connectivity index (χ3v) is 10.3. The minimum Gasteiger partial charge on any atom is -0.344 e. The smallest absolute Gasteiger partial charge is 0.272 e. The van der Waals surface area contributed by atoms with Crippen molar-refractivity contribution in [3.05, 3.63) is 52.3 Å². The summed E-state index contributed by atoms with van der Waals surface area (Å²) in [4.78, 5) is 28.0. The number of rotatable bonds is 7. The number of amides is 2. The molecule has 0 spiro atoms. The molecule has 3 aliphatic rings. The number of hydrogen-bond donors (Lipinski definition) is 1. The van der Waals surface area contributed by atoms with Gasteiger partial charge in [-0.05, 0) is 56.7 Å². The van der Waals surface area contributed by atoms with E-state index in [2.05, 4.69) is 16.5 Å². The van der Waals surface area contributed by atoms with Gasteiger partial charge in [0.15, 0.2) is 15.5 Å². The van der Waals surface area contributed by atoms with Crippen molar-refractivity contribution in [1.82, 2.24) is 20.0 Å². The molecule has 1 aromatic heterocycles. The standard InChI is InChI=1S/C24H27N5O4S/c1-15(17-5-3-16(13-25)4-6-17)26-22(30)20-19-9-12-29(23(31)21(19)28(2)27-20)14-24(10-11-24)34(32,33)18-7-8-18/h3-6,15,18H,7-12,14H2,1-2H3,(H,26,30). The zero-order valence-electron chi connectivity index (χ0n) is 19.2. The number of hydrogen-bond acceptors (Lipinski definition) is 6. The van der Waals surface area contributed by atoms with E-state index in [1.807, 2.05) is 6.92 Å². The highest BCUT2D eigenvalue weighted by Gasteiger charge is 2.60. The van der Waals surface area contributed by atoms with Gasteiger partial charge >= 0.3 is 0 Å². The molecule has 2 heterocycles. The Morgan fingerprint density at radius 1 is 1.29 bits per heavy atom. The maximum atomic E-state index is 13.3. The molecule has 1 aromatic carbocycles. The molecule has 1 atom stereocenters. The van der Waals surface area contributed by atoms with Gasteiger partial charge < -0.3 is 10.2 Å². The van der Waals surface area contributed by atoms with Gasteiger partial charge in [-0.3, -0.25) is 14.3 Å². The fourth-order valence-electron chi connectivity index (χ4n) is 4.85. The topological polar surface area (TPSA) is 125 Å². The van der Waals surface area contributed by atoms with Crippen molar-refractivity contribution in [2.75, 3.05) is 13.1 Å². The van der Waals surface area contributed by atoms with Crippen LogP contribution in [0.25, 0.3) is 0 Å². The number of carbonyl (C=O) groups is 2. The molecule has 0 saturated heterocycles. The summed E-state index contributed by atoms with van der Waals surface area (Å²) in [5, 5.41) is 16.0. The second-order valence-corrected chi connectivity index (χ2v) is 12.3. The summed E-state index contributed by atoms with van der Waals surface area (Å²) in [5.41, 5.74) is 2.57. The Hall–Kier alpha value is -3.19. The van der Waals surface area contributed by atoms with E-state index in [1.54, 1.807) is 36.2 Å². The van der Waals surface area contributed by atoms with Gasteiger partial charge in [0.25, 0.3) is 11.8 Å². The Morgan fingerprint density at radius 2 is 1.97 bits per heavy atom. The van der Waals surface area contributed by atoms with E-state index in [-0.39, 0.29) is 35.3 Å². The molecule has 2 saturated carbocycles. The molecule has 2 amide bonds. The van der Waals surface area contributed by atoms with Crippen LogP contribution in [-0.2, 0) is 23.3 Å². The zero-order valence-corrected chi connectivity index (χ0v) is 20.1. The molecule has 1 unspecified atom stereocenters. The molecule has 2 fully saturated rings. The number of fused-ring (bicyclic) bond motifs is 1. The van der Waals surface area contributed by atoms with Crippen molar-refractivity contribution in [2.45, 2.75) is 55.1 Å². The fraction of sp³-hybridized carbons (Fsp3) is 0.500. The summed E-state index contributed by atoms with van der Waals surface area (Å²) < 4.78 is 26.4. The maximum Gasteiger partial charge on any atom is 0.272 e. The van der Waals surface area contributed by atoms with Crippen LogP contribution in [0.15, 0.2) is 24.3 Å². The van der Waals surface area contributed by atoms with E-state index >= 15 is 0 Å². The Bertz CT molecular complexity index is 1310.